The van der Waals surface area contributed by atoms with Crippen LogP contribution in [-0.4, -0.2) is 41.4 Å². The monoisotopic (exact) mass is 216 g/mol. The zero-order valence-corrected chi connectivity index (χ0v) is 8.85. The van der Waals surface area contributed by atoms with Crippen LogP contribution < -0.4 is 11.1 Å². The van der Waals surface area contributed by atoms with E-state index >= 15 is 0 Å². The van der Waals surface area contributed by atoms with Crippen molar-refractivity contribution in [2.45, 2.75) is 37.8 Å². The van der Waals surface area contributed by atoms with Crippen molar-refractivity contribution in [3.05, 3.63) is 0 Å². The van der Waals surface area contributed by atoms with E-state index in [0.717, 1.165) is 25.7 Å². The highest BCUT2D eigenvalue weighted by Crippen LogP contribution is 2.23. The molecule has 5 nitrogen and oxygen atoms in total. The van der Waals surface area contributed by atoms with E-state index in [1.807, 2.05) is 0 Å². The summed E-state index contributed by atoms with van der Waals surface area (Å²) in [5.41, 5.74) is 5.22. The average Bonchev–Trinajstić information content (AvgIpc) is 2.26. The maximum absolute atomic E-state index is 10.9. The second-order valence-corrected chi connectivity index (χ2v) is 4.20. The Kier molecular flexibility index (Phi) is 5.01. The highest BCUT2D eigenvalue weighted by Gasteiger charge is 2.24. The summed E-state index contributed by atoms with van der Waals surface area (Å²) < 4.78 is 0. The van der Waals surface area contributed by atoms with Gasteiger partial charge in [0.1, 0.15) is 0 Å². The predicted molar refractivity (Wildman–Crippen MR) is 56.0 cm³/mol. The van der Waals surface area contributed by atoms with Crippen molar-refractivity contribution in [3.8, 4) is 0 Å². The van der Waals surface area contributed by atoms with Gasteiger partial charge >= 0.3 is 0 Å². The van der Waals surface area contributed by atoms with Gasteiger partial charge in [-0.2, -0.15) is 0 Å². The first kappa shape index (κ1) is 12.4. The van der Waals surface area contributed by atoms with Crippen LogP contribution in [0.25, 0.3) is 0 Å². The summed E-state index contributed by atoms with van der Waals surface area (Å²) in [5.74, 6) is -0.186. The van der Waals surface area contributed by atoms with E-state index in [4.69, 9.17) is 15.9 Å². The molecule has 1 saturated carbocycles. The number of amides is 1. The Balaban J connectivity index is 2.17. The van der Waals surface area contributed by atoms with Gasteiger partial charge in [0.15, 0.2) is 0 Å². The molecule has 1 aliphatic carbocycles. The van der Waals surface area contributed by atoms with Crippen LogP contribution in [0.15, 0.2) is 0 Å². The number of aliphatic hydroxyl groups excluding tert-OH is 2. The molecule has 0 unspecified atom stereocenters. The molecular formula is C10H20N2O3. The Labute approximate surface area is 89.7 Å². The molecule has 0 bridgehead atoms. The topological polar surface area (TPSA) is 95.6 Å². The largest absolute Gasteiger partial charge is 0.394 e. The maximum Gasteiger partial charge on any atom is 0.220 e. The van der Waals surface area contributed by atoms with Gasteiger partial charge in [-0.25, -0.2) is 0 Å². The Morgan fingerprint density at radius 1 is 1.40 bits per heavy atom. The fourth-order valence-electron chi connectivity index (χ4n) is 1.95. The lowest BCUT2D eigenvalue weighted by molar-refractivity contribution is -0.122. The minimum absolute atomic E-state index is 0.0193. The van der Waals surface area contributed by atoms with Crippen LogP contribution in [0.4, 0.5) is 0 Å². The number of aliphatic hydroxyl groups is 2. The molecule has 88 valence electrons. The fraction of sp³-hybridized carbons (Fsp3) is 0.900. The summed E-state index contributed by atoms with van der Waals surface area (Å²) in [6, 6.07) is 0.335. The van der Waals surface area contributed by atoms with Crippen LogP contribution in [-0.2, 0) is 4.79 Å². The van der Waals surface area contributed by atoms with E-state index in [1.54, 1.807) is 0 Å². The van der Waals surface area contributed by atoms with Gasteiger partial charge in [0.2, 0.25) is 5.91 Å². The molecule has 1 aliphatic rings. The van der Waals surface area contributed by atoms with Crippen LogP contribution >= 0.6 is 0 Å². The van der Waals surface area contributed by atoms with Crippen molar-refractivity contribution in [2.24, 2.45) is 11.7 Å². The van der Waals surface area contributed by atoms with Crippen molar-refractivity contribution in [2.75, 3.05) is 13.2 Å². The number of rotatable bonds is 5. The van der Waals surface area contributed by atoms with Gasteiger partial charge < -0.3 is 21.3 Å². The smallest absolute Gasteiger partial charge is 0.220 e. The van der Waals surface area contributed by atoms with E-state index in [2.05, 4.69) is 5.32 Å². The molecule has 1 fully saturated rings. The molecule has 5 N–H and O–H groups in total. The van der Waals surface area contributed by atoms with Crippen molar-refractivity contribution in [1.29, 1.82) is 0 Å². The third-order valence-electron chi connectivity index (χ3n) is 2.98. The minimum atomic E-state index is -0.695. The Morgan fingerprint density at radius 2 is 2.00 bits per heavy atom. The van der Waals surface area contributed by atoms with E-state index in [0.29, 0.717) is 12.6 Å². The Hall–Kier alpha value is -0.650. The number of carbonyl (C=O) groups is 1. The number of hydrogen-bond donors (Lipinski definition) is 4. The van der Waals surface area contributed by atoms with Crippen molar-refractivity contribution >= 4 is 5.91 Å². The Morgan fingerprint density at radius 3 is 2.47 bits per heavy atom. The molecule has 0 aliphatic heterocycles. The molecule has 5 heteroatoms. The molecule has 0 radical (unpaired) electrons. The highest BCUT2D eigenvalue weighted by atomic mass is 16.3. The zero-order chi connectivity index (χ0) is 11.3. The second kappa shape index (κ2) is 6.05. The molecule has 1 rings (SSSR count). The van der Waals surface area contributed by atoms with Gasteiger partial charge in [-0.1, -0.05) is 0 Å². The zero-order valence-electron chi connectivity index (χ0n) is 8.85. The first-order valence-corrected chi connectivity index (χ1v) is 5.45. The predicted octanol–water partition coefficient (Wildman–Crippen LogP) is -1.03. The van der Waals surface area contributed by atoms with Gasteiger partial charge in [0.25, 0.3) is 0 Å². The lowest BCUT2D eigenvalue weighted by Gasteiger charge is -2.28. The van der Waals surface area contributed by atoms with Crippen molar-refractivity contribution < 1.29 is 15.0 Å². The highest BCUT2D eigenvalue weighted by molar-refractivity contribution is 5.76. The molecule has 0 saturated heterocycles. The molecule has 0 heterocycles. The van der Waals surface area contributed by atoms with E-state index in [-0.39, 0.29) is 18.4 Å². The number of carbonyl (C=O) groups excluding carboxylic acids is 1. The van der Waals surface area contributed by atoms with Crippen LogP contribution in [0, 0.1) is 5.92 Å². The molecule has 0 aromatic heterocycles. The Bertz CT molecular complexity index is 203. The van der Waals surface area contributed by atoms with E-state index in [1.165, 1.54) is 0 Å². The van der Waals surface area contributed by atoms with Gasteiger partial charge in [-0.15, -0.1) is 0 Å². The van der Waals surface area contributed by atoms with E-state index < -0.39 is 6.10 Å². The minimum Gasteiger partial charge on any atom is -0.394 e. The number of primary amides is 1. The van der Waals surface area contributed by atoms with Gasteiger partial charge in [-0.05, 0) is 25.7 Å². The molecular weight excluding hydrogens is 196 g/mol. The molecule has 1 amide bonds. The average molecular weight is 216 g/mol. The maximum atomic E-state index is 10.9. The normalized spacial score (nSPS) is 28.7. The second-order valence-electron chi connectivity index (χ2n) is 4.20. The first-order valence-electron chi connectivity index (χ1n) is 5.45. The molecule has 15 heavy (non-hydrogen) atoms. The summed E-state index contributed by atoms with van der Waals surface area (Å²) >= 11 is 0. The molecule has 0 aromatic rings. The van der Waals surface area contributed by atoms with Crippen LogP contribution in [0.5, 0.6) is 0 Å². The van der Waals surface area contributed by atoms with Gasteiger partial charge in [-0.3, -0.25) is 4.79 Å². The van der Waals surface area contributed by atoms with Crippen LogP contribution in [0.3, 0.4) is 0 Å². The van der Waals surface area contributed by atoms with Crippen molar-refractivity contribution in [1.82, 2.24) is 5.32 Å². The first-order chi connectivity index (χ1) is 7.13. The van der Waals surface area contributed by atoms with Crippen LogP contribution in [0.1, 0.15) is 25.7 Å². The van der Waals surface area contributed by atoms with Gasteiger partial charge in [0, 0.05) is 18.5 Å². The third-order valence-corrected chi connectivity index (χ3v) is 2.98. The summed E-state index contributed by atoms with van der Waals surface area (Å²) in [5, 5.41) is 20.9. The summed E-state index contributed by atoms with van der Waals surface area (Å²) in [4.78, 5) is 10.9. The van der Waals surface area contributed by atoms with Gasteiger partial charge in [0.05, 0.1) is 12.7 Å². The SMILES string of the molecule is NC(=O)C1CCC(NC[C@H](O)CO)CC1. The van der Waals surface area contributed by atoms with Crippen molar-refractivity contribution in [3.63, 3.8) is 0 Å². The number of hydrogen-bond acceptors (Lipinski definition) is 4. The van der Waals surface area contributed by atoms with Crippen LogP contribution in [0.2, 0.25) is 0 Å². The fourth-order valence-corrected chi connectivity index (χ4v) is 1.95. The summed E-state index contributed by atoms with van der Waals surface area (Å²) in [7, 11) is 0. The van der Waals surface area contributed by atoms with E-state index in [9.17, 15) is 4.79 Å². The quantitative estimate of drug-likeness (QED) is 0.472. The number of nitrogens with one attached hydrogen (secondary N) is 1. The summed E-state index contributed by atoms with van der Waals surface area (Å²) in [6.45, 7) is 0.187. The summed E-state index contributed by atoms with van der Waals surface area (Å²) in [6.07, 6.45) is 2.76. The molecule has 1 atom stereocenters. The lowest BCUT2D eigenvalue weighted by atomic mass is 9.85. The standard InChI is InChI=1S/C10H20N2O3/c11-10(15)7-1-3-8(4-2-7)12-5-9(14)6-13/h7-9,12-14H,1-6H2,(H2,11,15)/t7?,8?,9-/m0/s1. The third kappa shape index (κ3) is 4.15. The molecule has 0 spiro atoms. The lowest BCUT2D eigenvalue weighted by Crippen LogP contribution is -2.40. The molecule has 0 aromatic carbocycles. The number of nitrogens with two attached hydrogens (primary N) is 1.